The Bertz CT molecular complexity index is 372. The smallest absolute Gasteiger partial charge is 0.169 e. The van der Waals surface area contributed by atoms with Gasteiger partial charge in [0.25, 0.3) is 0 Å². The van der Waals surface area contributed by atoms with Crippen LogP contribution in [0.1, 0.15) is 20.8 Å². The Labute approximate surface area is 84.2 Å². The summed E-state index contributed by atoms with van der Waals surface area (Å²) in [7, 11) is 0. The summed E-state index contributed by atoms with van der Waals surface area (Å²) < 4.78 is 11.2. The van der Waals surface area contributed by atoms with E-state index in [9.17, 15) is 0 Å². The van der Waals surface area contributed by atoms with Gasteiger partial charge in [-0.25, -0.2) is 0 Å². The molecule has 2 rings (SSSR count). The van der Waals surface area contributed by atoms with E-state index in [0.717, 1.165) is 17.3 Å². The molecule has 0 radical (unpaired) electrons. The third-order valence-electron chi connectivity index (χ3n) is 2.10. The van der Waals surface area contributed by atoms with Crippen molar-refractivity contribution >= 4 is 0 Å². The Kier molecular flexibility index (Phi) is 1.99. The van der Waals surface area contributed by atoms with E-state index in [1.807, 2.05) is 24.3 Å². The highest BCUT2D eigenvalue weighted by Crippen LogP contribution is 2.37. The zero-order chi connectivity index (χ0) is 10.2. The van der Waals surface area contributed by atoms with Gasteiger partial charge in [0.1, 0.15) is 12.0 Å². The first-order valence-electron chi connectivity index (χ1n) is 4.71. The fourth-order valence-corrected chi connectivity index (χ4v) is 1.22. The van der Waals surface area contributed by atoms with Crippen molar-refractivity contribution in [1.29, 1.82) is 0 Å². The maximum absolute atomic E-state index is 5.73. The predicted molar refractivity (Wildman–Crippen MR) is 55.2 cm³/mol. The van der Waals surface area contributed by atoms with Gasteiger partial charge in [0, 0.05) is 5.41 Å². The number of allylic oxidation sites excluding steroid dienone is 1. The predicted octanol–water partition coefficient (Wildman–Crippen LogP) is 3.35. The first kappa shape index (κ1) is 9.13. The van der Waals surface area contributed by atoms with E-state index in [4.69, 9.17) is 9.47 Å². The van der Waals surface area contributed by atoms with Crippen molar-refractivity contribution in [3.8, 4) is 11.5 Å². The molecule has 1 heterocycles. The van der Waals surface area contributed by atoms with Gasteiger partial charge in [-0.2, -0.15) is 0 Å². The standard InChI is InChI=1S/C12H14O2/c1-12(2,3)11-8-13-9-6-4-5-7-10(9)14-11/h4-8H,1-3H3. The quantitative estimate of drug-likeness (QED) is 0.624. The van der Waals surface area contributed by atoms with Crippen LogP contribution >= 0.6 is 0 Å². The lowest BCUT2D eigenvalue weighted by atomic mass is 9.94. The molecule has 0 saturated heterocycles. The Balaban J connectivity index is 2.30. The van der Waals surface area contributed by atoms with Crippen molar-refractivity contribution in [1.82, 2.24) is 0 Å². The van der Waals surface area contributed by atoms with Gasteiger partial charge in [0.05, 0.1) is 0 Å². The molecule has 0 fully saturated rings. The minimum atomic E-state index is -0.0203. The molecule has 74 valence electrons. The molecule has 1 aliphatic heterocycles. The maximum atomic E-state index is 5.73. The van der Waals surface area contributed by atoms with Crippen LogP contribution in [0.25, 0.3) is 0 Å². The summed E-state index contributed by atoms with van der Waals surface area (Å²) >= 11 is 0. The van der Waals surface area contributed by atoms with Crippen molar-refractivity contribution in [2.24, 2.45) is 5.41 Å². The summed E-state index contributed by atoms with van der Waals surface area (Å²) in [6.45, 7) is 6.28. The summed E-state index contributed by atoms with van der Waals surface area (Å²) in [5.41, 5.74) is -0.0203. The second-order valence-electron chi connectivity index (χ2n) is 4.40. The molecule has 0 aromatic heterocycles. The third kappa shape index (κ3) is 1.60. The molecule has 0 aliphatic carbocycles. The van der Waals surface area contributed by atoms with Crippen molar-refractivity contribution in [2.45, 2.75) is 20.8 Å². The summed E-state index contributed by atoms with van der Waals surface area (Å²) in [5, 5.41) is 0. The number of ether oxygens (including phenoxy) is 2. The molecule has 2 nitrogen and oxygen atoms in total. The summed E-state index contributed by atoms with van der Waals surface area (Å²) in [4.78, 5) is 0. The topological polar surface area (TPSA) is 18.5 Å². The Morgan fingerprint density at radius 1 is 1.00 bits per heavy atom. The molecule has 0 atom stereocenters. The van der Waals surface area contributed by atoms with Gasteiger partial charge >= 0.3 is 0 Å². The number of hydrogen-bond donors (Lipinski definition) is 0. The average molecular weight is 190 g/mol. The van der Waals surface area contributed by atoms with Gasteiger partial charge in [-0.05, 0) is 12.1 Å². The van der Waals surface area contributed by atoms with E-state index < -0.39 is 0 Å². The van der Waals surface area contributed by atoms with E-state index in [0.29, 0.717) is 0 Å². The summed E-state index contributed by atoms with van der Waals surface area (Å²) in [6, 6.07) is 7.67. The number of hydrogen-bond acceptors (Lipinski definition) is 2. The molecule has 0 spiro atoms. The largest absolute Gasteiger partial charge is 0.458 e. The second kappa shape index (κ2) is 3.05. The minimum Gasteiger partial charge on any atom is -0.458 e. The lowest BCUT2D eigenvalue weighted by Gasteiger charge is -2.26. The Morgan fingerprint density at radius 2 is 1.64 bits per heavy atom. The molecule has 14 heavy (non-hydrogen) atoms. The fraction of sp³-hybridized carbons (Fsp3) is 0.333. The molecule has 0 saturated carbocycles. The molecule has 1 aromatic rings. The van der Waals surface area contributed by atoms with Crippen LogP contribution in [0, 0.1) is 5.41 Å². The van der Waals surface area contributed by atoms with E-state index in [2.05, 4.69) is 20.8 Å². The fourth-order valence-electron chi connectivity index (χ4n) is 1.22. The first-order chi connectivity index (χ1) is 6.57. The zero-order valence-corrected chi connectivity index (χ0v) is 8.70. The number of para-hydroxylation sites is 2. The summed E-state index contributed by atoms with van der Waals surface area (Å²) in [6.07, 6.45) is 1.68. The lowest BCUT2D eigenvalue weighted by Crippen LogP contribution is -2.18. The normalized spacial score (nSPS) is 14.9. The molecule has 0 N–H and O–H groups in total. The second-order valence-corrected chi connectivity index (χ2v) is 4.40. The van der Waals surface area contributed by atoms with Gasteiger partial charge in [-0.15, -0.1) is 0 Å². The van der Waals surface area contributed by atoms with Crippen LogP contribution in [0.15, 0.2) is 36.3 Å². The van der Waals surface area contributed by atoms with Gasteiger partial charge in [0.2, 0.25) is 0 Å². The van der Waals surface area contributed by atoms with Gasteiger partial charge in [0.15, 0.2) is 11.5 Å². The molecular formula is C12H14O2. The van der Waals surface area contributed by atoms with E-state index in [1.165, 1.54) is 0 Å². The third-order valence-corrected chi connectivity index (χ3v) is 2.10. The molecule has 0 amide bonds. The molecular weight excluding hydrogens is 176 g/mol. The lowest BCUT2D eigenvalue weighted by molar-refractivity contribution is 0.242. The van der Waals surface area contributed by atoms with Crippen LogP contribution in [0.3, 0.4) is 0 Å². The van der Waals surface area contributed by atoms with E-state index in [-0.39, 0.29) is 5.41 Å². The molecule has 0 bridgehead atoms. The molecule has 0 unspecified atom stereocenters. The van der Waals surface area contributed by atoms with Gasteiger partial charge in [-0.3, -0.25) is 0 Å². The van der Waals surface area contributed by atoms with Gasteiger partial charge < -0.3 is 9.47 Å². The Hall–Kier alpha value is -1.44. The number of benzene rings is 1. The highest BCUT2D eigenvalue weighted by Gasteiger charge is 2.24. The highest BCUT2D eigenvalue weighted by molar-refractivity contribution is 5.43. The summed E-state index contributed by atoms with van der Waals surface area (Å²) in [5.74, 6) is 2.43. The SMILES string of the molecule is CC(C)(C)C1=COc2ccccc2O1. The average Bonchev–Trinajstić information content (AvgIpc) is 2.16. The Morgan fingerprint density at radius 3 is 2.29 bits per heavy atom. The number of fused-ring (bicyclic) bond motifs is 1. The van der Waals surface area contributed by atoms with Crippen LogP contribution in [0.2, 0.25) is 0 Å². The monoisotopic (exact) mass is 190 g/mol. The van der Waals surface area contributed by atoms with Crippen molar-refractivity contribution in [2.75, 3.05) is 0 Å². The van der Waals surface area contributed by atoms with Crippen molar-refractivity contribution in [3.63, 3.8) is 0 Å². The maximum Gasteiger partial charge on any atom is 0.169 e. The van der Waals surface area contributed by atoms with Gasteiger partial charge in [-0.1, -0.05) is 32.9 Å². The number of rotatable bonds is 0. The van der Waals surface area contributed by atoms with Crippen LogP contribution in [0.4, 0.5) is 0 Å². The highest BCUT2D eigenvalue weighted by atomic mass is 16.6. The van der Waals surface area contributed by atoms with Crippen molar-refractivity contribution < 1.29 is 9.47 Å². The van der Waals surface area contributed by atoms with Crippen LogP contribution < -0.4 is 9.47 Å². The van der Waals surface area contributed by atoms with Crippen LogP contribution in [0.5, 0.6) is 11.5 Å². The molecule has 1 aliphatic rings. The van der Waals surface area contributed by atoms with Crippen molar-refractivity contribution in [3.05, 3.63) is 36.3 Å². The zero-order valence-electron chi connectivity index (χ0n) is 8.70. The van der Waals surface area contributed by atoms with Crippen LogP contribution in [-0.2, 0) is 0 Å². The van der Waals surface area contributed by atoms with Crippen LogP contribution in [-0.4, -0.2) is 0 Å². The molecule has 2 heteroatoms. The minimum absolute atomic E-state index is 0.0203. The first-order valence-corrected chi connectivity index (χ1v) is 4.71. The van der Waals surface area contributed by atoms with E-state index in [1.54, 1.807) is 6.26 Å². The molecule has 1 aromatic carbocycles. The van der Waals surface area contributed by atoms with E-state index >= 15 is 0 Å².